The van der Waals surface area contributed by atoms with E-state index >= 15 is 0 Å². The van der Waals surface area contributed by atoms with Gasteiger partial charge in [-0.3, -0.25) is 0 Å². The molecule has 4 aliphatic rings. The van der Waals surface area contributed by atoms with E-state index in [2.05, 4.69) is 103 Å². The van der Waals surface area contributed by atoms with Crippen LogP contribution < -0.4 is 0 Å². The summed E-state index contributed by atoms with van der Waals surface area (Å²) in [6, 6.07) is 16.9. The van der Waals surface area contributed by atoms with Gasteiger partial charge in [-0.1, -0.05) is 0 Å². The molecule has 1 unspecified atom stereocenters. The van der Waals surface area contributed by atoms with E-state index in [0.717, 1.165) is 22.9 Å². The summed E-state index contributed by atoms with van der Waals surface area (Å²) in [6.45, 7) is 7.06. The molecule has 42 heavy (non-hydrogen) atoms. The average molecular weight is 732 g/mol. The summed E-state index contributed by atoms with van der Waals surface area (Å²) >= 11 is 8.77. The maximum atomic E-state index is 6.26. The first-order valence-electron chi connectivity index (χ1n) is 14.2. The van der Waals surface area contributed by atoms with Crippen molar-refractivity contribution in [2.24, 2.45) is 0 Å². The summed E-state index contributed by atoms with van der Waals surface area (Å²) in [4.78, 5) is 0. The minimum absolute atomic E-state index is 0. The summed E-state index contributed by atoms with van der Waals surface area (Å²) in [5.74, 6) is 0.677. The Balaban J connectivity index is 0.00000202. The molecule has 4 aliphatic carbocycles. The molecule has 0 bridgehead atoms. The number of fused-ring (bicyclic) bond motifs is 2. The van der Waals surface area contributed by atoms with Crippen molar-refractivity contribution in [2.45, 2.75) is 47.8 Å². The molecule has 2 atom stereocenters. The van der Waals surface area contributed by atoms with Gasteiger partial charge in [0.15, 0.2) is 0 Å². The van der Waals surface area contributed by atoms with Crippen LogP contribution in [0, 0.1) is 0 Å². The third-order valence-electron chi connectivity index (χ3n) is 9.13. The van der Waals surface area contributed by atoms with Crippen molar-refractivity contribution in [2.75, 3.05) is 0 Å². The van der Waals surface area contributed by atoms with Crippen LogP contribution in [0.2, 0.25) is 19.3 Å². The first kappa shape index (κ1) is 33.5. The van der Waals surface area contributed by atoms with Crippen molar-refractivity contribution in [1.82, 2.24) is 0 Å². The maximum absolute atomic E-state index is 6.26. The molecule has 6 rings (SSSR count). The van der Waals surface area contributed by atoms with Crippen molar-refractivity contribution < 1.29 is 17.4 Å². The Morgan fingerprint density at radius 3 is 1.36 bits per heavy atom. The van der Waals surface area contributed by atoms with E-state index in [0.29, 0.717) is 11.8 Å². The molecule has 0 amide bonds. The predicted molar refractivity (Wildman–Crippen MR) is 188 cm³/mol. The molecular weight excluding hydrogens is 694 g/mol. The van der Waals surface area contributed by atoms with Crippen molar-refractivity contribution in [1.29, 1.82) is 0 Å². The Hall–Kier alpha value is -1.38. The molecule has 0 heterocycles. The van der Waals surface area contributed by atoms with E-state index < -0.39 is 17.4 Å². The zero-order valence-corrected chi connectivity index (χ0v) is 31.6. The van der Waals surface area contributed by atoms with Gasteiger partial charge in [-0.25, -0.2) is 0 Å². The van der Waals surface area contributed by atoms with Gasteiger partial charge in [0.05, 0.1) is 0 Å². The number of hydrogen-bond acceptors (Lipinski definition) is 0. The number of benzene rings is 2. The molecule has 6 heteroatoms. The minimum Gasteiger partial charge on any atom is -0.147 e. The van der Waals surface area contributed by atoms with Gasteiger partial charge in [0.2, 0.25) is 0 Å². The van der Waals surface area contributed by atoms with Gasteiger partial charge in [-0.15, -0.1) is 24.8 Å². The van der Waals surface area contributed by atoms with E-state index in [9.17, 15) is 0 Å². The number of hydrogen-bond donors (Lipinski definition) is 0. The molecule has 2 aromatic carbocycles. The zero-order valence-electron chi connectivity index (χ0n) is 24.6. The molecule has 0 fully saturated rings. The summed E-state index contributed by atoms with van der Waals surface area (Å²) < 4.78 is 8.59. The van der Waals surface area contributed by atoms with Crippen LogP contribution >= 0.6 is 48.0 Å². The second-order valence-corrected chi connectivity index (χ2v) is 41.8. The standard InChI is InChI=1S/2C17H14Cl.2CH3.2ClH.H2Si.Zr/c2*1-12-10-14-4-2-3-5-16(17(14)11-12)13-6-8-15(18)9-7-13;;;;;;/h2*2-4,6-9,11,16H,5H2,1H3;2*1H3;2*1H;1H2;/t16-;;;;;;;/m1......./s1. The fraction of sp³-hybridized carbons (Fsp3) is 0.222. The van der Waals surface area contributed by atoms with Gasteiger partial charge >= 0.3 is 254 Å². The summed E-state index contributed by atoms with van der Waals surface area (Å²) in [7, 11) is 0. The van der Waals surface area contributed by atoms with Crippen molar-refractivity contribution >= 4 is 54.9 Å². The Bertz CT molecular complexity index is 1610. The van der Waals surface area contributed by atoms with Gasteiger partial charge in [-0.2, -0.15) is 0 Å². The first-order valence-corrected chi connectivity index (χ1v) is 28.3. The average Bonchev–Trinajstić information content (AvgIpc) is 3.25. The molecule has 0 nitrogen and oxygen atoms in total. The molecule has 0 saturated carbocycles. The van der Waals surface area contributed by atoms with Gasteiger partial charge < -0.3 is 0 Å². The number of rotatable bonds is 4. The molecular formula is C36H38Cl4SiZr. The third-order valence-corrected chi connectivity index (χ3v) is 25.0. The van der Waals surface area contributed by atoms with Crippen LogP contribution in [0.1, 0.15) is 49.7 Å². The predicted octanol–water partition coefficient (Wildman–Crippen LogP) is 11.2. The van der Waals surface area contributed by atoms with E-state index in [1.807, 2.05) is 24.3 Å². The van der Waals surface area contributed by atoms with E-state index in [4.69, 9.17) is 23.2 Å². The van der Waals surface area contributed by atoms with Gasteiger partial charge in [0.25, 0.3) is 0 Å². The molecule has 0 aliphatic heterocycles. The van der Waals surface area contributed by atoms with Crippen LogP contribution in [0.4, 0.5) is 0 Å². The Labute approximate surface area is 276 Å². The largest absolute Gasteiger partial charge is 0.147 e. The monoisotopic (exact) mass is 728 g/mol. The van der Waals surface area contributed by atoms with Crippen LogP contribution in [0.25, 0.3) is 0 Å². The fourth-order valence-electron chi connectivity index (χ4n) is 7.70. The maximum Gasteiger partial charge on any atom is -0.147 e. The molecule has 218 valence electrons. The second kappa shape index (κ2) is 12.5. The topological polar surface area (TPSA) is 0 Å². The van der Waals surface area contributed by atoms with E-state index in [1.165, 1.54) is 44.6 Å². The van der Waals surface area contributed by atoms with E-state index in [-0.39, 0.29) is 24.8 Å². The second-order valence-electron chi connectivity index (χ2n) is 12.7. The Kier molecular flexibility index (Phi) is 10.0. The van der Waals surface area contributed by atoms with Crippen LogP contribution in [0.3, 0.4) is 0 Å². The quantitative estimate of drug-likeness (QED) is 0.275. The number of allylic oxidation sites excluding steroid dienone is 16. The summed E-state index contributed by atoms with van der Waals surface area (Å²) in [5.41, 5.74) is 11.4. The smallest absolute Gasteiger partial charge is 0.147 e. The zero-order chi connectivity index (χ0) is 28.3. The third kappa shape index (κ3) is 5.85. The molecule has 0 spiro atoms. The number of halogens is 4. The SMILES string of the molecule is CC1=[C]([Zr]([CH3])([CH3])(=[SiH2])[C]2=C(C)C=C3C2=CC=CC[C@@H]3c2ccc(Cl)cc2)C2=CC=CCC(c3ccc(Cl)cc3)C2=C1.Cl.Cl. The van der Waals surface area contributed by atoms with Gasteiger partial charge in [0.1, 0.15) is 0 Å². The fourth-order valence-corrected chi connectivity index (χ4v) is 26.1. The Morgan fingerprint density at radius 1 is 0.643 bits per heavy atom. The van der Waals surface area contributed by atoms with Crippen LogP contribution in [-0.4, -0.2) is 6.88 Å². The molecule has 2 aromatic rings. The first-order chi connectivity index (χ1) is 19.0. The van der Waals surface area contributed by atoms with Gasteiger partial charge in [0, 0.05) is 0 Å². The normalized spacial score (nSPS) is 21.7. The van der Waals surface area contributed by atoms with Crippen molar-refractivity contribution in [3.05, 3.63) is 158 Å². The van der Waals surface area contributed by atoms with Crippen LogP contribution in [0.15, 0.2) is 137 Å². The summed E-state index contributed by atoms with van der Waals surface area (Å²) in [6.07, 6.45) is 21.1. The van der Waals surface area contributed by atoms with Crippen LogP contribution in [-0.2, 0) is 17.4 Å². The molecule has 0 saturated heterocycles. The molecule has 0 N–H and O–H groups in total. The molecule has 0 aromatic heterocycles. The van der Waals surface area contributed by atoms with Crippen molar-refractivity contribution in [3.8, 4) is 0 Å². The molecule has 0 radical (unpaired) electrons. The summed E-state index contributed by atoms with van der Waals surface area (Å²) in [5, 5.41) is 1.58. The van der Waals surface area contributed by atoms with Crippen molar-refractivity contribution in [3.63, 3.8) is 0 Å². The van der Waals surface area contributed by atoms with Crippen LogP contribution in [0.5, 0.6) is 0 Å². The minimum atomic E-state index is -3.75. The Morgan fingerprint density at radius 2 is 1.00 bits per heavy atom. The van der Waals surface area contributed by atoms with E-state index in [1.54, 1.807) is 6.56 Å². The van der Waals surface area contributed by atoms with Gasteiger partial charge in [-0.05, 0) is 0 Å².